The maximum Gasteiger partial charge on any atom is 0.140 e. The molecule has 1 aromatic rings. The van der Waals surface area contributed by atoms with Gasteiger partial charge in [-0.25, -0.2) is 4.39 Å². The van der Waals surface area contributed by atoms with Crippen molar-refractivity contribution >= 4 is 0 Å². The number of rotatable bonds is 4. The van der Waals surface area contributed by atoms with E-state index in [9.17, 15) is 4.39 Å². The van der Waals surface area contributed by atoms with Gasteiger partial charge in [0.15, 0.2) is 0 Å². The SMILES string of the molecule is CCC1(CC)CCN(Cc2ccc(F)c(C#N)c2)CC1. The molecule has 1 saturated heterocycles. The van der Waals surface area contributed by atoms with Crippen molar-refractivity contribution < 1.29 is 4.39 Å². The van der Waals surface area contributed by atoms with Crippen LogP contribution in [-0.4, -0.2) is 18.0 Å². The lowest BCUT2D eigenvalue weighted by molar-refractivity contribution is 0.0909. The van der Waals surface area contributed by atoms with Crippen LogP contribution < -0.4 is 0 Å². The van der Waals surface area contributed by atoms with Crippen molar-refractivity contribution in [1.82, 2.24) is 4.90 Å². The quantitative estimate of drug-likeness (QED) is 0.826. The Hall–Kier alpha value is -1.40. The molecule has 0 bridgehead atoms. The summed E-state index contributed by atoms with van der Waals surface area (Å²) in [5, 5.41) is 8.88. The molecule has 2 rings (SSSR count). The molecule has 0 atom stereocenters. The molecule has 20 heavy (non-hydrogen) atoms. The Labute approximate surface area is 121 Å². The Morgan fingerprint density at radius 1 is 1.25 bits per heavy atom. The molecule has 1 fully saturated rings. The van der Waals surface area contributed by atoms with E-state index in [1.54, 1.807) is 12.1 Å². The zero-order valence-corrected chi connectivity index (χ0v) is 12.5. The first-order chi connectivity index (χ1) is 9.62. The molecule has 108 valence electrons. The van der Waals surface area contributed by atoms with Crippen molar-refractivity contribution in [3.8, 4) is 6.07 Å². The molecular formula is C17H23FN2. The zero-order valence-electron chi connectivity index (χ0n) is 12.5. The number of hydrogen-bond donors (Lipinski definition) is 0. The zero-order chi connectivity index (χ0) is 14.6. The van der Waals surface area contributed by atoms with Crippen LogP contribution in [0.15, 0.2) is 18.2 Å². The van der Waals surface area contributed by atoms with E-state index < -0.39 is 5.82 Å². The van der Waals surface area contributed by atoms with Gasteiger partial charge in [-0.2, -0.15) is 5.26 Å². The molecule has 2 nitrogen and oxygen atoms in total. The van der Waals surface area contributed by atoms with Crippen LogP contribution in [0.1, 0.15) is 50.7 Å². The molecule has 1 heterocycles. The van der Waals surface area contributed by atoms with E-state index in [1.165, 1.54) is 31.7 Å². The fourth-order valence-electron chi connectivity index (χ4n) is 3.16. The minimum atomic E-state index is -0.425. The van der Waals surface area contributed by atoms with Crippen LogP contribution in [0.3, 0.4) is 0 Å². The highest BCUT2D eigenvalue weighted by atomic mass is 19.1. The summed E-state index contributed by atoms with van der Waals surface area (Å²) in [6, 6.07) is 6.78. The van der Waals surface area contributed by atoms with E-state index in [0.29, 0.717) is 5.41 Å². The van der Waals surface area contributed by atoms with Gasteiger partial charge in [-0.15, -0.1) is 0 Å². The molecule has 1 aliphatic heterocycles. The van der Waals surface area contributed by atoms with Crippen molar-refractivity contribution in [2.45, 2.75) is 46.1 Å². The molecule has 3 heteroatoms. The Bertz CT molecular complexity index is 490. The third-order valence-electron chi connectivity index (χ3n) is 4.97. The van der Waals surface area contributed by atoms with Crippen LogP contribution >= 0.6 is 0 Å². The minimum Gasteiger partial charge on any atom is -0.299 e. The lowest BCUT2D eigenvalue weighted by Gasteiger charge is -2.41. The standard InChI is InChI=1S/C17H23FN2/c1-3-17(4-2)7-9-20(10-8-17)13-14-5-6-16(18)15(11-14)12-19/h5-6,11H,3-4,7-10,13H2,1-2H3. The van der Waals surface area contributed by atoms with Gasteiger partial charge < -0.3 is 0 Å². The number of benzene rings is 1. The molecule has 0 amide bonds. The molecule has 0 radical (unpaired) electrons. The van der Waals surface area contributed by atoms with E-state index in [0.717, 1.165) is 25.2 Å². The topological polar surface area (TPSA) is 27.0 Å². The molecule has 0 aliphatic carbocycles. The van der Waals surface area contributed by atoms with E-state index in [4.69, 9.17) is 5.26 Å². The molecule has 0 aromatic heterocycles. The summed E-state index contributed by atoms with van der Waals surface area (Å²) >= 11 is 0. The van der Waals surface area contributed by atoms with Gasteiger partial charge in [-0.3, -0.25) is 4.90 Å². The number of nitrogens with zero attached hydrogens (tertiary/aromatic N) is 2. The summed E-state index contributed by atoms with van der Waals surface area (Å²) in [6.07, 6.45) is 5.00. The third kappa shape index (κ3) is 3.19. The van der Waals surface area contributed by atoms with Gasteiger partial charge >= 0.3 is 0 Å². The fourth-order valence-corrected chi connectivity index (χ4v) is 3.16. The maximum absolute atomic E-state index is 13.3. The molecule has 0 spiro atoms. The number of piperidine rings is 1. The first kappa shape index (κ1) is 15.0. The van der Waals surface area contributed by atoms with E-state index in [2.05, 4.69) is 18.7 Å². The number of likely N-dealkylation sites (tertiary alicyclic amines) is 1. The first-order valence-corrected chi connectivity index (χ1v) is 7.53. The Morgan fingerprint density at radius 2 is 1.90 bits per heavy atom. The third-order valence-corrected chi connectivity index (χ3v) is 4.97. The van der Waals surface area contributed by atoms with Crippen LogP contribution in [-0.2, 0) is 6.54 Å². The van der Waals surface area contributed by atoms with Crippen molar-refractivity contribution in [2.75, 3.05) is 13.1 Å². The predicted molar refractivity (Wildman–Crippen MR) is 78.6 cm³/mol. The second kappa shape index (κ2) is 6.37. The van der Waals surface area contributed by atoms with E-state index in [1.807, 2.05) is 6.07 Å². The van der Waals surface area contributed by atoms with Crippen LogP contribution in [0, 0.1) is 22.6 Å². The highest BCUT2D eigenvalue weighted by molar-refractivity contribution is 5.34. The highest BCUT2D eigenvalue weighted by Gasteiger charge is 2.30. The number of halogens is 1. The minimum absolute atomic E-state index is 0.149. The molecule has 1 aliphatic rings. The van der Waals surface area contributed by atoms with Gasteiger partial charge in [-0.1, -0.05) is 32.8 Å². The van der Waals surface area contributed by atoms with Gasteiger partial charge in [0.25, 0.3) is 0 Å². The second-order valence-electron chi connectivity index (χ2n) is 5.91. The largest absolute Gasteiger partial charge is 0.299 e. The maximum atomic E-state index is 13.3. The lowest BCUT2D eigenvalue weighted by Crippen LogP contribution is -2.39. The monoisotopic (exact) mass is 274 g/mol. The summed E-state index contributed by atoms with van der Waals surface area (Å²) < 4.78 is 13.3. The number of hydrogen-bond acceptors (Lipinski definition) is 2. The van der Waals surface area contributed by atoms with Crippen molar-refractivity contribution in [3.63, 3.8) is 0 Å². The van der Waals surface area contributed by atoms with Crippen LogP contribution in [0.25, 0.3) is 0 Å². The molecule has 0 N–H and O–H groups in total. The van der Waals surface area contributed by atoms with Crippen molar-refractivity contribution in [1.29, 1.82) is 5.26 Å². The van der Waals surface area contributed by atoms with Crippen LogP contribution in [0.4, 0.5) is 4.39 Å². The predicted octanol–water partition coefficient (Wildman–Crippen LogP) is 4.10. The summed E-state index contributed by atoms with van der Waals surface area (Å²) in [7, 11) is 0. The van der Waals surface area contributed by atoms with Gasteiger partial charge in [0.1, 0.15) is 11.9 Å². The van der Waals surface area contributed by atoms with Gasteiger partial charge in [0, 0.05) is 6.54 Å². The highest BCUT2D eigenvalue weighted by Crippen LogP contribution is 2.38. The van der Waals surface area contributed by atoms with Gasteiger partial charge in [0.05, 0.1) is 5.56 Å². The Kier molecular flexibility index (Phi) is 4.77. The molecular weight excluding hydrogens is 251 g/mol. The lowest BCUT2D eigenvalue weighted by atomic mass is 9.74. The Balaban J connectivity index is 1.98. The van der Waals surface area contributed by atoms with E-state index in [-0.39, 0.29) is 5.56 Å². The summed E-state index contributed by atoms with van der Waals surface area (Å²) in [4.78, 5) is 2.41. The smallest absolute Gasteiger partial charge is 0.140 e. The average Bonchev–Trinajstić information content (AvgIpc) is 2.50. The normalized spacial score (nSPS) is 18.7. The van der Waals surface area contributed by atoms with Crippen molar-refractivity contribution in [3.05, 3.63) is 35.1 Å². The van der Waals surface area contributed by atoms with Gasteiger partial charge in [0.2, 0.25) is 0 Å². The average molecular weight is 274 g/mol. The van der Waals surface area contributed by atoms with Gasteiger partial charge in [-0.05, 0) is 49.0 Å². The van der Waals surface area contributed by atoms with E-state index >= 15 is 0 Å². The first-order valence-electron chi connectivity index (χ1n) is 7.53. The van der Waals surface area contributed by atoms with Crippen LogP contribution in [0.2, 0.25) is 0 Å². The molecule has 1 aromatic carbocycles. The summed E-state index contributed by atoms with van der Waals surface area (Å²) in [6.45, 7) is 7.59. The molecule has 0 saturated carbocycles. The van der Waals surface area contributed by atoms with Crippen LogP contribution in [0.5, 0.6) is 0 Å². The molecule has 0 unspecified atom stereocenters. The fraction of sp³-hybridized carbons (Fsp3) is 0.588. The summed E-state index contributed by atoms with van der Waals surface area (Å²) in [5.41, 5.74) is 1.70. The number of nitriles is 1. The van der Waals surface area contributed by atoms with Crippen molar-refractivity contribution in [2.24, 2.45) is 5.41 Å². The second-order valence-corrected chi connectivity index (χ2v) is 5.91. The Morgan fingerprint density at radius 3 is 2.45 bits per heavy atom. The summed E-state index contributed by atoms with van der Waals surface area (Å²) in [5.74, 6) is -0.425.